The van der Waals surface area contributed by atoms with Crippen molar-refractivity contribution >= 4 is 73.3 Å². The summed E-state index contributed by atoms with van der Waals surface area (Å²) in [6.07, 6.45) is 0. The predicted octanol–water partition coefficient (Wildman–Crippen LogP) is 23.8. The number of hydrogen-bond acceptors (Lipinski definition) is 2. The first kappa shape index (κ1) is 66.5. The van der Waals surface area contributed by atoms with Crippen molar-refractivity contribution in [2.75, 3.05) is 10.2 Å². The Balaban J connectivity index is 1.27. The molecule has 3 heterocycles. The molecule has 0 saturated heterocycles. The first-order valence-corrected chi connectivity index (χ1v) is 35.0. The molecule has 1 aromatic heterocycles. The summed E-state index contributed by atoms with van der Waals surface area (Å²) in [5.41, 5.74) is 31.8. The molecule has 0 aliphatic carbocycles. The Morgan fingerprint density at radius 3 is 1.23 bits per heavy atom. The molecule has 1 N–H and O–H groups in total. The topological polar surface area (TPSA) is 20.2 Å². The van der Waals surface area contributed by atoms with E-state index in [1.807, 2.05) is 0 Å². The average Bonchev–Trinajstić information content (AvgIpc) is 0.752. The smallest absolute Gasteiger partial charge is 0.252 e. The maximum Gasteiger partial charge on any atom is 0.252 e. The van der Waals surface area contributed by atoms with E-state index in [-0.39, 0.29) is 55.4 Å². The summed E-state index contributed by atoms with van der Waals surface area (Å²) in [7, 11) is 0. The minimum absolute atomic E-state index is 0.0203. The van der Waals surface area contributed by atoms with E-state index < -0.39 is 0 Å². The maximum atomic E-state index is 4.27. The van der Waals surface area contributed by atoms with Crippen molar-refractivity contribution < 1.29 is 0 Å². The lowest BCUT2D eigenvalue weighted by Crippen LogP contribution is -2.60. The van der Waals surface area contributed by atoms with Gasteiger partial charge in [-0.1, -0.05) is 278 Å². The van der Waals surface area contributed by atoms with Crippen molar-refractivity contribution in [3.8, 4) is 39.1 Å². The second kappa shape index (κ2) is 22.0. The van der Waals surface area contributed by atoms with Gasteiger partial charge < -0.3 is 14.8 Å². The highest BCUT2D eigenvalue weighted by atomic mass is 15.2. The SMILES string of the molecule is CC(C)(C)c1cc(-c2ccc3c(c2)Nc2cc(C(C)(C)C)cc4c2B3c2ccc(-n3c5ccc(C(C)(C)C)cc5c5cc(C(C)(C)C)ccc53)cc2N4c2c(-c3cc(C(C)(C)C)cc(C(C)(C)C)c3)cc(C(C)(C)C)cc2-c2ccccc2C(C)(C)C)cc(C(C)(C)C)c1. The highest BCUT2D eigenvalue weighted by molar-refractivity contribution is 7.00. The van der Waals surface area contributed by atoms with Crippen LogP contribution in [0.1, 0.15) is 237 Å². The van der Waals surface area contributed by atoms with E-state index in [0.29, 0.717) is 0 Å². The highest BCUT2D eigenvalue weighted by Gasteiger charge is 2.44. The van der Waals surface area contributed by atoms with Gasteiger partial charge in [-0.25, -0.2) is 0 Å². The molecule has 0 bridgehead atoms. The van der Waals surface area contributed by atoms with E-state index in [4.69, 9.17) is 0 Å². The van der Waals surface area contributed by atoms with Gasteiger partial charge in [0.05, 0.1) is 16.7 Å². The zero-order chi connectivity index (χ0) is 68.5. The van der Waals surface area contributed by atoms with Gasteiger partial charge in [0, 0.05) is 50.3 Å². The number of rotatable bonds is 5. The van der Waals surface area contributed by atoms with Crippen LogP contribution in [0, 0.1) is 0 Å². The van der Waals surface area contributed by atoms with E-state index in [0.717, 1.165) is 17.1 Å². The number of fused-ring (bicyclic) bond motifs is 7. The second-order valence-electron chi connectivity index (χ2n) is 37.5. The summed E-state index contributed by atoms with van der Waals surface area (Å²) >= 11 is 0. The van der Waals surface area contributed by atoms with Gasteiger partial charge in [0.2, 0.25) is 0 Å². The molecular weight excluding hydrogens is 1130 g/mol. The van der Waals surface area contributed by atoms with Crippen molar-refractivity contribution in [2.24, 2.45) is 0 Å². The molecule has 9 aromatic carbocycles. The van der Waals surface area contributed by atoms with E-state index >= 15 is 0 Å². The lowest BCUT2D eigenvalue weighted by molar-refractivity contribution is 0.568. The van der Waals surface area contributed by atoms with Crippen molar-refractivity contribution in [1.82, 2.24) is 4.57 Å². The van der Waals surface area contributed by atoms with Crippen LogP contribution in [0.4, 0.5) is 28.4 Å². The molecule has 0 spiro atoms. The fourth-order valence-corrected chi connectivity index (χ4v) is 14.5. The van der Waals surface area contributed by atoms with Crippen molar-refractivity contribution in [1.29, 1.82) is 0 Å². The molecule has 0 fully saturated rings. The molecule has 0 saturated carbocycles. The van der Waals surface area contributed by atoms with Crippen LogP contribution < -0.4 is 26.6 Å². The molecule has 0 atom stereocenters. The van der Waals surface area contributed by atoms with Crippen LogP contribution in [0.3, 0.4) is 0 Å². The number of benzene rings is 9. The molecule has 2 aliphatic heterocycles. The molecule has 10 aromatic rings. The zero-order valence-electron chi connectivity index (χ0n) is 62.5. The second-order valence-corrected chi connectivity index (χ2v) is 37.5. The monoisotopic (exact) mass is 1240 g/mol. The van der Waals surface area contributed by atoms with Gasteiger partial charge in [-0.3, -0.25) is 0 Å². The third-order valence-electron chi connectivity index (χ3n) is 20.7. The first-order chi connectivity index (χ1) is 43.3. The molecule has 486 valence electrons. The summed E-state index contributed by atoms with van der Waals surface area (Å²) in [5.74, 6) is 0. The Hall–Kier alpha value is -7.56. The summed E-state index contributed by atoms with van der Waals surface area (Å²) in [4.78, 5) is 2.77. The van der Waals surface area contributed by atoms with Gasteiger partial charge in [-0.2, -0.15) is 0 Å². The van der Waals surface area contributed by atoms with E-state index in [1.54, 1.807) is 0 Å². The van der Waals surface area contributed by atoms with Crippen LogP contribution in [0.15, 0.2) is 158 Å². The Morgan fingerprint density at radius 2 is 0.745 bits per heavy atom. The first-order valence-electron chi connectivity index (χ1n) is 35.0. The molecule has 12 rings (SSSR count). The molecular formula is C90H108BN3. The Kier molecular flexibility index (Phi) is 15.6. The average molecular weight is 1240 g/mol. The van der Waals surface area contributed by atoms with Gasteiger partial charge in [0.15, 0.2) is 0 Å². The van der Waals surface area contributed by atoms with Crippen LogP contribution >= 0.6 is 0 Å². The maximum absolute atomic E-state index is 4.27. The molecule has 0 unspecified atom stereocenters. The Labute approximate surface area is 567 Å². The van der Waals surface area contributed by atoms with Crippen LogP contribution in [0.2, 0.25) is 0 Å². The van der Waals surface area contributed by atoms with Crippen molar-refractivity contribution in [3.05, 3.63) is 208 Å². The fraction of sp³-hybridized carbons (Fsp3) is 0.400. The van der Waals surface area contributed by atoms with E-state index in [2.05, 4.69) is 359 Å². The number of nitrogens with one attached hydrogen (secondary N) is 1. The summed E-state index contributed by atoms with van der Waals surface area (Å²) < 4.78 is 2.58. The van der Waals surface area contributed by atoms with Crippen LogP contribution in [-0.2, 0) is 48.7 Å². The lowest BCUT2D eigenvalue weighted by atomic mass is 9.33. The van der Waals surface area contributed by atoms with Gasteiger partial charge in [0.25, 0.3) is 6.71 Å². The quantitative estimate of drug-likeness (QED) is 0.173. The van der Waals surface area contributed by atoms with Crippen molar-refractivity contribution in [2.45, 2.75) is 236 Å². The minimum atomic E-state index is -0.209. The predicted molar refractivity (Wildman–Crippen MR) is 414 cm³/mol. The van der Waals surface area contributed by atoms with Crippen LogP contribution in [0.25, 0.3) is 60.9 Å². The number of nitrogens with zero attached hydrogens (tertiary/aromatic N) is 2. The molecule has 0 amide bonds. The van der Waals surface area contributed by atoms with E-state index in [1.165, 1.54) is 139 Å². The molecule has 94 heavy (non-hydrogen) atoms. The van der Waals surface area contributed by atoms with Crippen LogP contribution in [-0.4, -0.2) is 11.3 Å². The fourth-order valence-electron chi connectivity index (χ4n) is 14.5. The number of aromatic nitrogens is 1. The van der Waals surface area contributed by atoms with Gasteiger partial charge in [0.1, 0.15) is 0 Å². The summed E-state index contributed by atoms with van der Waals surface area (Å²) in [6.45, 7) is 63.8. The Morgan fingerprint density at radius 1 is 0.298 bits per heavy atom. The van der Waals surface area contributed by atoms with Gasteiger partial charge in [-0.05, 0) is 204 Å². The standard InChI is InChI=1S/C90H108BN3/c1-82(2,3)57-33-38-76-68(47-57)69-48-58(83(4,5)6)34-39-77(69)93(76)65-35-37-73-78(53-65)94(79-52-64(89(22,23)24)51-75-80(79)91(73)72-36-32-54(44-74(72)92-75)55-40-59(84(7,8)9)45-60(41-55)85(10,11)12)81-67(56-42-61(86(13,14)15)46-62(43-56)87(16,17)18)49-63(88(19,20)21)50-70(81)66-30-28-29-31-71(66)90(25,26)27/h28-53,92H,1-27H3. The third-order valence-corrected chi connectivity index (χ3v) is 20.7. The zero-order valence-corrected chi connectivity index (χ0v) is 62.5. The largest absolute Gasteiger partial charge is 0.356 e. The number of anilines is 5. The van der Waals surface area contributed by atoms with Crippen LogP contribution in [0.5, 0.6) is 0 Å². The van der Waals surface area contributed by atoms with E-state index in [9.17, 15) is 0 Å². The highest BCUT2D eigenvalue weighted by Crippen LogP contribution is 2.54. The number of hydrogen-bond donors (Lipinski definition) is 1. The van der Waals surface area contributed by atoms with Crippen molar-refractivity contribution in [3.63, 3.8) is 0 Å². The van der Waals surface area contributed by atoms with Gasteiger partial charge in [-0.15, -0.1) is 0 Å². The molecule has 3 nitrogen and oxygen atoms in total. The third kappa shape index (κ3) is 12.0. The van der Waals surface area contributed by atoms with Gasteiger partial charge >= 0.3 is 0 Å². The minimum Gasteiger partial charge on any atom is -0.356 e. The summed E-state index contributed by atoms with van der Waals surface area (Å²) in [5, 5.41) is 6.84. The Bertz CT molecular complexity index is 4550. The molecule has 2 aliphatic rings. The lowest BCUT2D eigenvalue weighted by Gasteiger charge is -2.43. The molecule has 4 heteroatoms. The molecule has 0 radical (unpaired) electrons. The normalized spacial score (nSPS) is 14.2. The summed E-state index contributed by atoms with van der Waals surface area (Å²) in [6, 6.07) is 63.9.